The maximum atomic E-state index is 11.8. The van der Waals surface area contributed by atoms with E-state index in [4.69, 9.17) is 17.5 Å². The largest absolute Gasteiger partial charge is 0.331 e. The van der Waals surface area contributed by atoms with E-state index in [2.05, 4.69) is 11.1 Å². The maximum Gasteiger partial charge on any atom is 0.178 e. The average Bonchev–Trinajstić information content (AvgIpc) is 2.72. The highest BCUT2D eigenvalue weighted by molar-refractivity contribution is 7.91. The van der Waals surface area contributed by atoms with E-state index >= 15 is 0 Å². The molecule has 0 amide bonds. The number of imidazole rings is 1. The van der Waals surface area contributed by atoms with Crippen molar-refractivity contribution in [2.45, 2.75) is 18.9 Å². The minimum Gasteiger partial charge on any atom is -0.331 e. The summed E-state index contributed by atoms with van der Waals surface area (Å²) in [6, 6.07) is 7.22. The van der Waals surface area contributed by atoms with Gasteiger partial charge in [-0.3, -0.25) is 0 Å². The van der Waals surface area contributed by atoms with Gasteiger partial charge in [0.15, 0.2) is 14.6 Å². The standard InChI is InChI=1S/C13H13N3O2S2/c14-7-9-3-4-11-12(6-9)16(13(19)15-11)10-2-1-5-20(17,18)8-10/h3-4,6,10H,1-2,5,8H2,(H,15,19). The Kier molecular flexibility index (Phi) is 3.15. The first-order valence-corrected chi connectivity index (χ1v) is 8.58. The molecule has 1 N–H and O–H groups in total. The first kappa shape index (κ1) is 13.3. The van der Waals surface area contributed by atoms with Gasteiger partial charge >= 0.3 is 0 Å². The van der Waals surface area contributed by atoms with Crippen LogP contribution in [0, 0.1) is 16.1 Å². The molecule has 1 aliphatic heterocycles. The fourth-order valence-electron chi connectivity index (χ4n) is 2.76. The van der Waals surface area contributed by atoms with Crippen molar-refractivity contribution < 1.29 is 8.42 Å². The first-order chi connectivity index (χ1) is 9.50. The van der Waals surface area contributed by atoms with E-state index in [1.807, 2.05) is 4.57 Å². The van der Waals surface area contributed by atoms with Gasteiger partial charge in [-0.15, -0.1) is 0 Å². The molecule has 5 nitrogen and oxygen atoms in total. The Labute approximate surface area is 121 Å². The Balaban J connectivity index is 2.18. The Morgan fingerprint density at radius 2 is 2.25 bits per heavy atom. The lowest BCUT2D eigenvalue weighted by Crippen LogP contribution is -2.27. The van der Waals surface area contributed by atoms with Crippen LogP contribution < -0.4 is 0 Å². The highest BCUT2D eigenvalue weighted by atomic mass is 32.2. The third-order valence-corrected chi connectivity index (χ3v) is 5.75. The number of sulfone groups is 1. The molecule has 0 saturated carbocycles. The Morgan fingerprint density at radius 3 is 2.95 bits per heavy atom. The number of hydrogen-bond acceptors (Lipinski definition) is 4. The van der Waals surface area contributed by atoms with Crippen molar-refractivity contribution in [3.05, 3.63) is 28.5 Å². The lowest BCUT2D eigenvalue weighted by molar-refractivity contribution is 0.475. The van der Waals surface area contributed by atoms with Gasteiger partial charge in [0.1, 0.15) is 0 Å². The summed E-state index contributed by atoms with van der Waals surface area (Å²) in [4.78, 5) is 3.08. The lowest BCUT2D eigenvalue weighted by Gasteiger charge is -2.23. The molecule has 0 bridgehead atoms. The van der Waals surface area contributed by atoms with E-state index in [1.165, 1.54) is 0 Å². The third kappa shape index (κ3) is 2.25. The van der Waals surface area contributed by atoms with Crippen molar-refractivity contribution in [2.24, 2.45) is 0 Å². The molecule has 1 aromatic carbocycles. The van der Waals surface area contributed by atoms with Crippen LogP contribution in [0.2, 0.25) is 0 Å². The van der Waals surface area contributed by atoms with Gasteiger partial charge in [-0.05, 0) is 43.3 Å². The van der Waals surface area contributed by atoms with E-state index in [0.717, 1.165) is 17.5 Å². The van der Waals surface area contributed by atoms with Crippen LogP contribution in [0.5, 0.6) is 0 Å². The van der Waals surface area contributed by atoms with Gasteiger partial charge < -0.3 is 9.55 Å². The second-order valence-electron chi connectivity index (χ2n) is 5.05. The predicted octanol–water partition coefficient (Wildman–Crippen LogP) is 2.32. The number of nitrogens with zero attached hydrogens (tertiary/aromatic N) is 2. The normalized spacial score (nSPS) is 21.6. The van der Waals surface area contributed by atoms with E-state index in [1.54, 1.807) is 18.2 Å². The molecule has 1 unspecified atom stereocenters. The second kappa shape index (κ2) is 4.72. The molecule has 1 atom stereocenters. The topological polar surface area (TPSA) is 78.7 Å². The fraction of sp³-hybridized carbons (Fsp3) is 0.385. The van der Waals surface area contributed by atoms with E-state index < -0.39 is 9.84 Å². The number of aromatic nitrogens is 2. The van der Waals surface area contributed by atoms with Crippen molar-refractivity contribution >= 4 is 33.1 Å². The van der Waals surface area contributed by atoms with Gasteiger partial charge in [0.25, 0.3) is 0 Å². The molecule has 20 heavy (non-hydrogen) atoms. The van der Waals surface area contributed by atoms with Crippen LogP contribution in [0.25, 0.3) is 11.0 Å². The van der Waals surface area contributed by atoms with Crippen LogP contribution in [0.4, 0.5) is 0 Å². The molecule has 1 aliphatic rings. The molecular weight excluding hydrogens is 294 g/mol. The van der Waals surface area contributed by atoms with Crippen LogP contribution in [-0.4, -0.2) is 29.5 Å². The minimum atomic E-state index is -3.01. The molecule has 1 aromatic heterocycles. The molecule has 0 radical (unpaired) electrons. The summed E-state index contributed by atoms with van der Waals surface area (Å²) in [7, 11) is -3.01. The third-order valence-electron chi connectivity index (χ3n) is 3.65. The second-order valence-corrected chi connectivity index (χ2v) is 7.67. The molecule has 2 heterocycles. The summed E-state index contributed by atoms with van der Waals surface area (Å²) in [6.07, 6.45) is 1.44. The van der Waals surface area contributed by atoms with Gasteiger partial charge in [0, 0.05) is 0 Å². The van der Waals surface area contributed by atoms with Crippen LogP contribution in [-0.2, 0) is 9.84 Å². The Hall–Kier alpha value is -1.65. The summed E-state index contributed by atoms with van der Waals surface area (Å²) >= 11 is 5.32. The van der Waals surface area contributed by atoms with Crippen molar-refractivity contribution in [3.63, 3.8) is 0 Å². The summed E-state index contributed by atoms with van der Waals surface area (Å²) < 4.78 is 26.0. The Morgan fingerprint density at radius 1 is 1.45 bits per heavy atom. The van der Waals surface area contributed by atoms with Crippen LogP contribution >= 0.6 is 12.2 Å². The number of H-pyrrole nitrogens is 1. The summed E-state index contributed by atoms with van der Waals surface area (Å²) in [5.74, 6) is 0.369. The molecule has 0 spiro atoms. The zero-order valence-electron chi connectivity index (χ0n) is 10.7. The minimum absolute atomic E-state index is 0.116. The van der Waals surface area contributed by atoms with Gasteiger partial charge in [-0.25, -0.2) is 8.42 Å². The van der Waals surface area contributed by atoms with Gasteiger partial charge in [-0.1, -0.05) is 0 Å². The van der Waals surface area contributed by atoms with Crippen LogP contribution in [0.15, 0.2) is 18.2 Å². The summed E-state index contributed by atoms with van der Waals surface area (Å²) in [5.41, 5.74) is 2.17. The number of fused-ring (bicyclic) bond motifs is 1. The number of benzene rings is 1. The molecule has 1 fully saturated rings. The fourth-order valence-corrected chi connectivity index (χ4v) is 4.79. The number of rotatable bonds is 1. The van der Waals surface area contributed by atoms with Crippen LogP contribution in [0.3, 0.4) is 0 Å². The van der Waals surface area contributed by atoms with Crippen LogP contribution in [0.1, 0.15) is 24.4 Å². The number of nitrogens with one attached hydrogen (secondary N) is 1. The van der Waals surface area contributed by atoms with Gasteiger partial charge in [-0.2, -0.15) is 5.26 Å². The zero-order valence-corrected chi connectivity index (χ0v) is 12.3. The van der Waals surface area contributed by atoms with Crippen molar-refractivity contribution in [1.29, 1.82) is 5.26 Å². The number of nitriles is 1. The Bertz CT molecular complexity index is 871. The maximum absolute atomic E-state index is 11.8. The predicted molar refractivity (Wildman–Crippen MR) is 78.8 cm³/mol. The van der Waals surface area contributed by atoms with Crippen molar-refractivity contribution in [2.75, 3.05) is 11.5 Å². The first-order valence-electron chi connectivity index (χ1n) is 6.35. The highest BCUT2D eigenvalue weighted by Crippen LogP contribution is 2.28. The molecule has 2 aromatic rings. The number of aromatic amines is 1. The zero-order chi connectivity index (χ0) is 14.3. The molecule has 0 aliphatic carbocycles. The van der Waals surface area contributed by atoms with E-state index in [0.29, 0.717) is 16.8 Å². The molecule has 3 rings (SSSR count). The average molecular weight is 307 g/mol. The number of hydrogen-bond donors (Lipinski definition) is 1. The van der Waals surface area contributed by atoms with Gasteiger partial charge in [0.2, 0.25) is 0 Å². The SMILES string of the molecule is N#Cc1ccc2[nH]c(=S)n(C3CCCS(=O)(=O)C3)c2c1. The highest BCUT2D eigenvalue weighted by Gasteiger charge is 2.27. The smallest absolute Gasteiger partial charge is 0.178 e. The summed E-state index contributed by atoms with van der Waals surface area (Å²) in [6.45, 7) is 0. The van der Waals surface area contributed by atoms with E-state index in [9.17, 15) is 8.42 Å². The quantitative estimate of drug-likeness (QED) is 0.820. The van der Waals surface area contributed by atoms with Gasteiger partial charge in [0.05, 0.1) is 40.2 Å². The lowest BCUT2D eigenvalue weighted by atomic mass is 10.1. The monoisotopic (exact) mass is 307 g/mol. The molecule has 104 valence electrons. The van der Waals surface area contributed by atoms with Crippen molar-refractivity contribution in [1.82, 2.24) is 9.55 Å². The van der Waals surface area contributed by atoms with Crippen molar-refractivity contribution in [3.8, 4) is 6.07 Å². The molecule has 1 saturated heterocycles. The van der Waals surface area contributed by atoms with E-state index in [-0.39, 0.29) is 17.5 Å². The molecule has 7 heteroatoms. The molecular formula is C13H13N3O2S2. The summed E-state index contributed by atoms with van der Waals surface area (Å²) in [5, 5.41) is 9.00.